The number of hydrogen-bond donors (Lipinski definition) is 1. The number of benzene rings is 1. The largest absolute Gasteiger partial charge is 0.497 e. The normalized spacial score (nSPS) is 12.6. The average molecular weight is 287 g/mol. The molecule has 1 aromatic carbocycles. The zero-order valence-electron chi connectivity index (χ0n) is 13.1. The molecule has 2 N–H and O–H groups in total. The van der Waals surface area contributed by atoms with Gasteiger partial charge in [0.1, 0.15) is 5.75 Å². The number of hydrogen-bond acceptors (Lipinski definition) is 3. The SMILES string of the molecule is COc1cccc(CC(CN)Cc2ccn(C(C)C)n2)c1. The lowest BCUT2D eigenvalue weighted by atomic mass is 9.95. The molecule has 0 fully saturated rings. The molecule has 0 spiro atoms. The van der Waals surface area contributed by atoms with Crippen molar-refractivity contribution in [3.8, 4) is 5.75 Å². The van der Waals surface area contributed by atoms with Crippen molar-refractivity contribution >= 4 is 0 Å². The summed E-state index contributed by atoms with van der Waals surface area (Å²) in [6.45, 7) is 4.92. The van der Waals surface area contributed by atoms with Crippen molar-refractivity contribution < 1.29 is 4.74 Å². The lowest BCUT2D eigenvalue weighted by molar-refractivity contribution is 0.413. The second-order valence-electron chi connectivity index (χ2n) is 5.74. The predicted octanol–water partition coefficient (Wildman–Crippen LogP) is 2.83. The number of nitrogens with zero attached hydrogens (tertiary/aromatic N) is 2. The van der Waals surface area contributed by atoms with Crippen LogP contribution < -0.4 is 10.5 Å². The molecular weight excluding hydrogens is 262 g/mol. The Morgan fingerprint density at radius 3 is 2.67 bits per heavy atom. The van der Waals surface area contributed by atoms with Crippen molar-refractivity contribution in [1.82, 2.24) is 9.78 Å². The van der Waals surface area contributed by atoms with Crippen LogP contribution in [0.3, 0.4) is 0 Å². The Labute approximate surface area is 126 Å². The second-order valence-corrected chi connectivity index (χ2v) is 5.74. The Morgan fingerprint density at radius 2 is 2.05 bits per heavy atom. The minimum Gasteiger partial charge on any atom is -0.497 e. The van der Waals surface area contributed by atoms with Gasteiger partial charge in [-0.2, -0.15) is 5.10 Å². The minimum atomic E-state index is 0.396. The van der Waals surface area contributed by atoms with E-state index < -0.39 is 0 Å². The molecule has 4 nitrogen and oxygen atoms in total. The first-order valence-corrected chi connectivity index (χ1v) is 7.49. The highest BCUT2D eigenvalue weighted by atomic mass is 16.5. The molecule has 0 saturated carbocycles. The van der Waals surface area contributed by atoms with Gasteiger partial charge >= 0.3 is 0 Å². The fourth-order valence-electron chi connectivity index (χ4n) is 2.44. The average Bonchev–Trinajstić information content (AvgIpc) is 2.95. The standard InChI is InChI=1S/C17H25N3O/c1-13(2)20-8-7-16(19-20)10-15(12-18)9-14-5-4-6-17(11-14)21-3/h4-8,11,13,15H,9-10,12,18H2,1-3H3. The summed E-state index contributed by atoms with van der Waals surface area (Å²) >= 11 is 0. The highest BCUT2D eigenvalue weighted by Crippen LogP contribution is 2.18. The van der Waals surface area contributed by atoms with Crippen LogP contribution in [0.4, 0.5) is 0 Å². The number of nitrogens with two attached hydrogens (primary N) is 1. The molecular formula is C17H25N3O. The predicted molar refractivity (Wildman–Crippen MR) is 85.6 cm³/mol. The van der Waals surface area contributed by atoms with Crippen LogP contribution in [0.15, 0.2) is 36.5 Å². The van der Waals surface area contributed by atoms with Crippen molar-refractivity contribution in [3.05, 3.63) is 47.8 Å². The topological polar surface area (TPSA) is 53.1 Å². The summed E-state index contributed by atoms with van der Waals surface area (Å²) in [6, 6.07) is 10.7. The van der Waals surface area contributed by atoms with Gasteiger partial charge in [0, 0.05) is 12.2 Å². The Morgan fingerprint density at radius 1 is 1.24 bits per heavy atom. The lowest BCUT2D eigenvalue weighted by Crippen LogP contribution is -2.19. The van der Waals surface area contributed by atoms with Gasteiger partial charge < -0.3 is 10.5 Å². The number of ether oxygens (including phenoxy) is 1. The molecule has 1 aromatic heterocycles. The molecule has 0 saturated heterocycles. The van der Waals surface area contributed by atoms with Crippen molar-refractivity contribution in [2.75, 3.05) is 13.7 Å². The Bertz CT molecular complexity index is 563. The number of aromatic nitrogens is 2. The molecule has 1 unspecified atom stereocenters. The summed E-state index contributed by atoms with van der Waals surface area (Å²) in [6.07, 6.45) is 3.90. The second kappa shape index (κ2) is 7.27. The maximum atomic E-state index is 5.94. The Kier molecular flexibility index (Phi) is 5.39. The van der Waals surface area contributed by atoms with Crippen LogP contribution in [0, 0.1) is 5.92 Å². The van der Waals surface area contributed by atoms with Crippen LogP contribution in [-0.4, -0.2) is 23.4 Å². The van der Waals surface area contributed by atoms with E-state index in [0.29, 0.717) is 18.5 Å². The van der Waals surface area contributed by atoms with Gasteiger partial charge in [-0.15, -0.1) is 0 Å². The van der Waals surface area contributed by atoms with Crippen LogP contribution in [0.1, 0.15) is 31.1 Å². The molecule has 0 bridgehead atoms. The fraction of sp³-hybridized carbons (Fsp3) is 0.471. The lowest BCUT2D eigenvalue weighted by Gasteiger charge is -2.14. The third-order valence-corrected chi connectivity index (χ3v) is 3.68. The van der Waals surface area contributed by atoms with Gasteiger partial charge in [-0.05, 0) is 62.9 Å². The summed E-state index contributed by atoms with van der Waals surface area (Å²) in [5, 5.41) is 4.61. The molecule has 21 heavy (non-hydrogen) atoms. The van der Waals surface area contributed by atoms with E-state index in [4.69, 9.17) is 10.5 Å². The molecule has 0 aliphatic heterocycles. The summed E-state index contributed by atoms with van der Waals surface area (Å²) < 4.78 is 7.27. The highest BCUT2D eigenvalue weighted by Gasteiger charge is 2.12. The molecule has 2 rings (SSSR count). The van der Waals surface area contributed by atoms with Crippen molar-refractivity contribution in [2.45, 2.75) is 32.7 Å². The quantitative estimate of drug-likeness (QED) is 0.852. The molecule has 0 amide bonds. The van der Waals surface area contributed by atoms with E-state index in [-0.39, 0.29) is 0 Å². The molecule has 0 aliphatic rings. The smallest absolute Gasteiger partial charge is 0.119 e. The number of methoxy groups -OCH3 is 1. The van der Waals surface area contributed by atoms with Gasteiger partial charge in [0.2, 0.25) is 0 Å². The van der Waals surface area contributed by atoms with Crippen LogP contribution in [0.5, 0.6) is 5.75 Å². The molecule has 1 atom stereocenters. The maximum absolute atomic E-state index is 5.94. The van der Waals surface area contributed by atoms with E-state index in [2.05, 4.69) is 37.1 Å². The van der Waals surface area contributed by atoms with E-state index in [1.807, 2.05) is 23.0 Å². The first-order valence-electron chi connectivity index (χ1n) is 7.49. The third-order valence-electron chi connectivity index (χ3n) is 3.68. The summed E-state index contributed by atoms with van der Waals surface area (Å²) in [4.78, 5) is 0. The van der Waals surface area contributed by atoms with E-state index in [0.717, 1.165) is 24.3 Å². The third kappa shape index (κ3) is 4.33. The highest BCUT2D eigenvalue weighted by molar-refractivity contribution is 5.28. The van der Waals surface area contributed by atoms with Gasteiger partial charge in [0.05, 0.1) is 12.8 Å². The Balaban J connectivity index is 2.01. The molecule has 2 aromatic rings. The molecule has 1 heterocycles. The van der Waals surface area contributed by atoms with Crippen LogP contribution in [0.25, 0.3) is 0 Å². The van der Waals surface area contributed by atoms with Crippen LogP contribution >= 0.6 is 0 Å². The van der Waals surface area contributed by atoms with Gasteiger partial charge in [0.25, 0.3) is 0 Å². The monoisotopic (exact) mass is 287 g/mol. The van der Waals surface area contributed by atoms with Crippen LogP contribution in [-0.2, 0) is 12.8 Å². The molecule has 0 aliphatic carbocycles. The van der Waals surface area contributed by atoms with E-state index >= 15 is 0 Å². The Hall–Kier alpha value is -1.81. The van der Waals surface area contributed by atoms with E-state index in [1.165, 1.54) is 5.56 Å². The van der Waals surface area contributed by atoms with Gasteiger partial charge in [-0.3, -0.25) is 4.68 Å². The summed E-state index contributed by atoms with van der Waals surface area (Å²) in [5.74, 6) is 1.29. The van der Waals surface area contributed by atoms with Crippen molar-refractivity contribution in [1.29, 1.82) is 0 Å². The molecule has 4 heteroatoms. The first-order chi connectivity index (χ1) is 10.1. The zero-order valence-corrected chi connectivity index (χ0v) is 13.1. The molecule has 114 valence electrons. The van der Waals surface area contributed by atoms with Crippen molar-refractivity contribution in [3.63, 3.8) is 0 Å². The zero-order chi connectivity index (χ0) is 15.2. The van der Waals surface area contributed by atoms with E-state index in [9.17, 15) is 0 Å². The minimum absolute atomic E-state index is 0.396. The van der Waals surface area contributed by atoms with Crippen molar-refractivity contribution in [2.24, 2.45) is 11.7 Å². The van der Waals surface area contributed by atoms with Crippen LogP contribution in [0.2, 0.25) is 0 Å². The summed E-state index contributed by atoms with van der Waals surface area (Å²) in [7, 11) is 1.69. The van der Waals surface area contributed by atoms with E-state index in [1.54, 1.807) is 7.11 Å². The fourth-order valence-corrected chi connectivity index (χ4v) is 2.44. The maximum Gasteiger partial charge on any atom is 0.119 e. The first kappa shape index (κ1) is 15.6. The van der Waals surface area contributed by atoms with Gasteiger partial charge in [0.15, 0.2) is 0 Å². The number of rotatable bonds is 7. The van der Waals surface area contributed by atoms with Gasteiger partial charge in [-0.25, -0.2) is 0 Å². The van der Waals surface area contributed by atoms with Gasteiger partial charge in [-0.1, -0.05) is 12.1 Å². The summed E-state index contributed by atoms with van der Waals surface area (Å²) in [5.41, 5.74) is 8.31. The molecule has 0 radical (unpaired) electrons.